The summed E-state index contributed by atoms with van der Waals surface area (Å²) in [6.45, 7) is 10.5. The maximum absolute atomic E-state index is 3.47. The van der Waals surface area contributed by atoms with Crippen molar-refractivity contribution in [3.05, 3.63) is 34.9 Å². The van der Waals surface area contributed by atoms with E-state index in [4.69, 9.17) is 0 Å². The summed E-state index contributed by atoms with van der Waals surface area (Å²) >= 11 is 2.13. The van der Waals surface area contributed by atoms with Crippen molar-refractivity contribution in [2.24, 2.45) is 0 Å². The number of rotatable bonds is 2. The summed E-state index contributed by atoms with van der Waals surface area (Å²) in [7, 11) is 0. The molecule has 0 aromatic heterocycles. The highest BCUT2D eigenvalue weighted by atomic mass is 32.2. The molecule has 2 unspecified atom stereocenters. The minimum absolute atomic E-state index is 0.768. The molecular weight excluding hydrogens is 252 g/mol. The average molecular weight is 276 g/mol. The van der Waals surface area contributed by atoms with Gasteiger partial charge in [-0.1, -0.05) is 32.0 Å². The zero-order valence-corrected chi connectivity index (χ0v) is 12.8. The second kappa shape index (κ2) is 5.86. The van der Waals surface area contributed by atoms with Crippen molar-refractivity contribution >= 4 is 11.8 Å². The zero-order valence-electron chi connectivity index (χ0n) is 12.0. The van der Waals surface area contributed by atoms with Gasteiger partial charge in [-0.05, 0) is 29.7 Å². The van der Waals surface area contributed by atoms with Crippen molar-refractivity contribution in [3.8, 4) is 0 Å². The van der Waals surface area contributed by atoms with Crippen LogP contribution >= 0.6 is 11.8 Å². The van der Waals surface area contributed by atoms with E-state index in [1.165, 1.54) is 25.1 Å². The fraction of sp³-hybridized carbons (Fsp3) is 0.625. The summed E-state index contributed by atoms with van der Waals surface area (Å²) in [6.07, 6.45) is 1.19. The molecule has 1 fully saturated rings. The van der Waals surface area contributed by atoms with E-state index in [-0.39, 0.29) is 0 Å². The molecule has 3 heteroatoms. The van der Waals surface area contributed by atoms with Crippen molar-refractivity contribution in [3.63, 3.8) is 0 Å². The number of fused-ring (bicyclic) bond motifs is 1. The Morgan fingerprint density at radius 1 is 1.26 bits per heavy atom. The molecule has 2 aliphatic rings. The van der Waals surface area contributed by atoms with E-state index in [2.05, 4.69) is 54.0 Å². The first kappa shape index (κ1) is 13.5. The Morgan fingerprint density at radius 3 is 2.84 bits per heavy atom. The molecule has 19 heavy (non-hydrogen) atoms. The lowest BCUT2D eigenvalue weighted by Crippen LogP contribution is -2.40. The Bertz CT molecular complexity index is 436. The van der Waals surface area contributed by atoms with Gasteiger partial charge in [0.05, 0.1) is 0 Å². The van der Waals surface area contributed by atoms with Crippen LogP contribution in [0.25, 0.3) is 0 Å². The molecule has 0 amide bonds. The molecule has 1 aromatic carbocycles. The highest BCUT2D eigenvalue weighted by Crippen LogP contribution is 2.27. The van der Waals surface area contributed by atoms with Crippen LogP contribution in [0.5, 0.6) is 0 Å². The van der Waals surface area contributed by atoms with Crippen LogP contribution < -0.4 is 5.32 Å². The van der Waals surface area contributed by atoms with Gasteiger partial charge in [0.15, 0.2) is 0 Å². The van der Waals surface area contributed by atoms with Crippen LogP contribution in [0.2, 0.25) is 0 Å². The normalized spacial score (nSPS) is 28.1. The second-order valence-electron chi connectivity index (χ2n) is 5.93. The molecule has 1 aromatic rings. The zero-order chi connectivity index (χ0) is 13.2. The quantitative estimate of drug-likeness (QED) is 0.894. The molecule has 2 nitrogen and oxygen atoms in total. The van der Waals surface area contributed by atoms with Crippen LogP contribution in [-0.2, 0) is 19.5 Å². The van der Waals surface area contributed by atoms with E-state index in [9.17, 15) is 0 Å². The molecule has 104 valence electrons. The van der Waals surface area contributed by atoms with Gasteiger partial charge in [0.2, 0.25) is 0 Å². The van der Waals surface area contributed by atoms with Gasteiger partial charge >= 0.3 is 0 Å². The van der Waals surface area contributed by atoms with E-state index >= 15 is 0 Å². The number of nitrogens with one attached hydrogen (secondary N) is 1. The highest BCUT2D eigenvalue weighted by Gasteiger charge is 2.23. The average Bonchev–Trinajstić information content (AvgIpc) is 2.38. The molecule has 0 saturated carbocycles. The lowest BCUT2D eigenvalue weighted by atomic mass is 9.95. The molecule has 1 N–H and O–H groups in total. The molecule has 0 radical (unpaired) electrons. The van der Waals surface area contributed by atoms with Crippen molar-refractivity contribution < 1.29 is 0 Å². The molecular formula is C16H24N2S. The number of hydrogen-bond acceptors (Lipinski definition) is 3. The van der Waals surface area contributed by atoms with Gasteiger partial charge in [-0.2, -0.15) is 11.8 Å². The maximum atomic E-state index is 3.47. The molecule has 0 spiro atoms. The topological polar surface area (TPSA) is 15.3 Å². The highest BCUT2D eigenvalue weighted by molar-refractivity contribution is 8.00. The molecule has 0 bridgehead atoms. The number of nitrogens with zero attached hydrogens (tertiary/aromatic N) is 1. The SMILES string of the molecule is CC1CN(Cc2cccc3c2CCNC3)CC(C)S1. The molecule has 3 rings (SSSR count). The molecule has 2 aliphatic heterocycles. The number of thioether (sulfide) groups is 1. The Morgan fingerprint density at radius 2 is 2.05 bits per heavy atom. The number of hydrogen-bond donors (Lipinski definition) is 1. The Labute approximate surface area is 121 Å². The summed E-state index contributed by atoms with van der Waals surface area (Å²) in [6, 6.07) is 6.84. The predicted molar refractivity (Wildman–Crippen MR) is 83.6 cm³/mol. The summed E-state index contributed by atoms with van der Waals surface area (Å²) in [4.78, 5) is 2.64. The lowest BCUT2D eigenvalue weighted by Gasteiger charge is -2.35. The van der Waals surface area contributed by atoms with Crippen LogP contribution in [0, 0.1) is 0 Å². The third kappa shape index (κ3) is 3.15. The molecule has 2 atom stereocenters. The molecule has 0 aliphatic carbocycles. The van der Waals surface area contributed by atoms with Crippen molar-refractivity contribution in [2.45, 2.75) is 43.9 Å². The van der Waals surface area contributed by atoms with Gasteiger partial charge < -0.3 is 5.32 Å². The molecule has 2 heterocycles. The molecule has 1 saturated heterocycles. The summed E-state index contributed by atoms with van der Waals surface area (Å²) < 4.78 is 0. The van der Waals surface area contributed by atoms with E-state index < -0.39 is 0 Å². The van der Waals surface area contributed by atoms with Crippen LogP contribution in [0.3, 0.4) is 0 Å². The van der Waals surface area contributed by atoms with Crippen molar-refractivity contribution in [2.75, 3.05) is 19.6 Å². The van der Waals surface area contributed by atoms with Gasteiger partial charge in [0.1, 0.15) is 0 Å². The minimum Gasteiger partial charge on any atom is -0.312 e. The third-order valence-electron chi connectivity index (χ3n) is 4.13. The van der Waals surface area contributed by atoms with Gasteiger partial charge in [0.25, 0.3) is 0 Å². The second-order valence-corrected chi connectivity index (χ2v) is 7.81. The standard InChI is InChI=1S/C16H24N2S/c1-12-9-18(10-13(2)19-12)11-15-5-3-4-14-8-17-7-6-16(14)15/h3-5,12-13,17H,6-11H2,1-2H3. The first-order valence-electron chi connectivity index (χ1n) is 7.40. The number of benzene rings is 1. The van der Waals surface area contributed by atoms with E-state index in [1.807, 2.05) is 0 Å². The van der Waals surface area contributed by atoms with E-state index in [1.54, 1.807) is 11.1 Å². The predicted octanol–water partition coefficient (Wildman–Crippen LogP) is 2.66. The smallest absolute Gasteiger partial charge is 0.0237 e. The monoisotopic (exact) mass is 276 g/mol. The summed E-state index contributed by atoms with van der Waals surface area (Å²) in [5.41, 5.74) is 4.68. The van der Waals surface area contributed by atoms with Crippen LogP contribution in [0.1, 0.15) is 30.5 Å². The summed E-state index contributed by atoms with van der Waals surface area (Å²) in [5.74, 6) is 0. The van der Waals surface area contributed by atoms with E-state index in [0.29, 0.717) is 0 Å². The third-order valence-corrected chi connectivity index (χ3v) is 5.35. The van der Waals surface area contributed by atoms with Gasteiger partial charge in [-0.3, -0.25) is 4.90 Å². The summed E-state index contributed by atoms with van der Waals surface area (Å²) in [5, 5.41) is 5.01. The van der Waals surface area contributed by atoms with E-state index in [0.717, 1.165) is 30.1 Å². The van der Waals surface area contributed by atoms with Gasteiger partial charge in [-0.15, -0.1) is 0 Å². The Balaban J connectivity index is 1.76. The van der Waals surface area contributed by atoms with Gasteiger partial charge in [-0.25, -0.2) is 0 Å². The minimum atomic E-state index is 0.768. The lowest BCUT2D eigenvalue weighted by molar-refractivity contribution is 0.262. The first-order valence-corrected chi connectivity index (χ1v) is 8.35. The first-order chi connectivity index (χ1) is 9.22. The fourth-order valence-electron chi connectivity index (χ4n) is 3.41. The van der Waals surface area contributed by atoms with Crippen molar-refractivity contribution in [1.29, 1.82) is 0 Å². The van der Waals surface area contributed by atoms with Gasteiger partial charge in [0, 0.05) is 36.7 Å². The van der Waals surface area contributed by atoms with Crippen LogP contribution in [0.4, 0.5) is 0 Å². The Hall–Kier alpha value is -0.510. The Kier molecular flexibility index (Phi) is 4.15. The van der Waals surface area contributed by atoms with Crippen molar-refractivity contribution in [1.82, 2.24) is 10.2 Å². The fourth-order valence-corrected chi connectivity index (χ4v) is 4.80. The van der Waals surface area contributed by atoms with Crippen LogP contribution in [0.15, 0.2) is 18.2 Å². The maximum Gasteiger partial charge on any atom is 0.0237 e. The van der Waals surface area contributed by atoms with Crippen LogP contribution in [-0.4, -0.2) is 35.0 Å². The largest absolute Gasteiger partial charge is 0.312 e.